The summed E-state index contributed by atoms with van der Waals surface area (Å²) in [7, 11) is 1.30. The lowest BCUT2D eigenvalue weighted by Gasteiger charge is -2.06. The molecule has 0 amide bonds. The molecule has 0 aromatic carbocycles. The van der Waals surface area contributed by atoms with Crippen LogP contribution in [-0.4, -0.2) is 18.2 Å². The number of carbonyl (C=O) groups excluding carboxylic acids is 1. The molecule has 0 heterocycles. The standard InChI is InChI=1S/C6H11N3O2S/c1-4(3-5(10)11-2)8-9-6(7)12/h3,8H,1-2H3,(H3,7,9,12). The maximum Gasteiger partial charge on any atom is 0.332 e. The number of nitrogens with two attached hydrogens (primary N) is 1. The van der Waals surface area contributed by atoms with Gasteiger partial charge in [0, 0.05) is 11.8 Å². The van der Waals surface area contributed by atoms with Gasteiger partial charge in [-0.25, -0.2) is 4.79 Å². The SMILES string of the molecule is COC(=O)C=C(C)NNC(N)=S. The molecule has 0 spiro atoms. The van der Waals surface area contributed by atoms with Gasteiger partial charge in [0.2, 0.25) is 0 Å². The maximum absolute atomic E-state index is 10.6. The van der Waals surface area contributed by atoms with Crippen LogP contribution in [0.15, 0.2) is 11.8 Å². The van der Waals surface area contributed by atoms with Gasteiger partial charge in [0.05, 0.1) is 7.11 Å². The second kappa shape index (κ2) is 5.36. The van der Waals surface area contributed by atoms with E-state index in [9.17, 15) is 4.79 Å². The molecule has 4 N–H and O–H groups in total. The topological polar surface area (TPSA) is 76.4 Å². The fourth-order valence-corrected chi connectivity index (χ4v) is 0.483. The first-order chi connectivity index (χ1) is 5.56. The number of methoxy groups -OCH3 is 1. The average Bonchev–Trinajstić information content (AvgIpc) is 2.00. The highest BCUT2D eigenvalue weighted by Crippen LogP contribution is 1.85. The minimum atomic E-state index is -0.440. The van der Waals surface area contributed by atoms with E-state index in [1.165, 1.54) is 13.2 Å². The zero-order valence-corrected chi connectivity index (χ0v) is 7.70. The molecule has 0 aromatic rings. The van der Waals surface area contributed by atoms with Gasteiger partial charge in [-0.05, 0) is 19.1 Å². The molecule has 68 valence electrons. The first-order valence-electron chi connectivity index (χ1n) is 3.14. The van der Waals surface area contributed by atoms with Crippen LogP contribution in [0.5, 0.6) is 0 Å². The van der Waals surface area contributed by atoms with Crippen LogP contribution in [-0.2, 0) is 9.53 Å². The van der Waals surface area contributed by atoms with Gasteiger partial charge in [-0.3, -0.25) is 5.43 Å². The van der Waals surface area contributed by atoms with Gasteiger partial charge in [-0.1, -0.05) is 0 Å². The van der Waals surface area contributed by atoms with Crippen LogP contribution in [0.3, 0.4) is 0 Å². The third kappa shape index (κ3) is 5.48. The third-order valence-electron chi connectivity index (χ3n) is 0.918. The predicted molar refractivity (Wildman–Crippen MR) is 48.8 cm³/mol. The van der Waals surface area contributed by atoms with Crippen LogP contribution in [0.25, 0.3) is 0 Å². The lowest BCUT2D eigenvalue weighted by Crippen LogP contribution is -2.39. The van der Waals surface area contributed by atoms with E-state index < -0.39 is 5.97 Å². The van der Waals surface area contributed by atoms with Crippen LogP contribution < -0.4 is 16.6 Å². The van der Waals surface area contributed by atoms with Crippen LogP contribution in [0.1, 0.15) is 6.92 Å². The normalized spacial score (nSPS) is 10.3. The number of esters is 1. The first-order valence-corrected chi connectivity index (χ1v) is 3.54. The predicted octanol–water partition coefficient (Wildman–Crippen LogP) is -0.599. The van der Waals surface area contributed by atoms with E-state index in [2.05, 4.69) is 27.8 Å². The average molecular weight is 189 g/mol. The Morgan fingerprint density at radius 3 is 2.58 bits per heavy atom. The summed E-state index contributed by atoms with van der Waals surface area (Å²) in [5.74, 6) is -0.440. The van der Waals surface area contributed by atoms with E-state index in [0.717, 1.165) is 0 Å². The van der Waals surface area contributed by atoms with Crippen LogP contribution in [0.2, 0.25) is 0 Å². The number of ether oxygens (including phenoxy) is 1. The number of nitrogens with one attached hydrogen (secondary N) is 2. The molecule has 0 saturated carbocycles. The van der Waals surface area contributed by atoms with Crippen molar-refractivity contribution in [3.8, 4) is 0 Å². The largest absolute Gasteiger partial charge is 0.466 e. The molecular weight excluding hydrogens is 178 g/mol. The summed E-state index contributed by atoms with van der Waals surface area (Å²) in [6.07, 6.45) is 1.27. The van der Waals surface area contributed by atoms with E-state index in [4.69, 9.17) is 5.73 Å². The minimum absolute atomic E-state index is 0.104. The third-order valence-corrected chi connectivity index (χ3v) is 1.02. The maximum atomic E-state index is 10.6. The Bertz CT molecular complexity index is 215. The summed E-state index contributed by atoms with van der Waals surface area (Å²) in [5.41, 5.74) is 10.7. The Morgan fingerprint density at radius 2 is 2.17 bits per heavy atom. The van der Waals surface area contributed by atoms with Crippen LogP contribution in [0.4, 0.5) is 0 Å². The molecule has 6 heteroatoms. The van der Waals surface area contributed by atoms with Crippen molar-refractivity contribution >= 4 is 23.3 Å². The second-order valence-corrected chi connectivity index (χ2v) is 2.40. The van der Waals surface area contributed by atoms with E-state index in [1.54, 1.807) is 6.92 Å². The number of thiocarbonyl (C=S) groups is 1. The monoisotopic (exact) mass is 189 g/mol. The fourth-order valence-electron chi connectivity index (χ4n) is 0.432. The van der Waals surface area contributed by atoms with Crippen molar-refractivity contribution in [1.82, 2.24) is 10.9 Å². The fraction of sp³-hybridized carbons (Fsp3) is 0.333. The molecule has 0 aliphatic heterocycles. The number of hydrogen-bond donors (Lipinski definition) is 3. The summed E-state index contributed by atoms with van der Waals surface area (Å²) in [5, 5.41) is 0.104. The number of carbonyl (C=O) groups is 1. The van der Waals surface area contributed by atoms with Gasteiger partial charge in [0.25, 0.3) is 0 Å². The number of hydrogen-bond acceptors (Lipinski definition) is 4. The number of hydrazine groups is 1. The number of rotatable bonds is 3. The van der Waals surface area contributed by atoms with Gasteiger partial charge in [-0.15, -0.1) is 0 Å². The Balaban J connectivity index is 3.85. The van der Waals surface area contributed by atoms with E-state index in [1.807, 2.05) is 0 Å². The molecule has 5 nitrogen and oxygen atoms in total. The van der Waals surface area contributed by atoms with Gasteiger partial charge >= 0.3 is 5.97 Å². The van der Waals surface area contributed by atoms with Crippen molar-refractivity contribution in [2.75, 3.05) is 7.11 Å². The van der Waals surface area contributed by atoms with Crippen molar-refractivity contribution in [2.24, 2.45) is 5.73 Å². The molecule has 0 rings (SSSR count). The molecule has 0 bridgehead atoms. The first kappa shape index (κ1) is 10.7. The van der Waals surface area contributed by atoms with Crippen LogP contribution >= 0.6 is 12.2 Å². The van der Waals surface area contributed by atoms with Gasteiger partial charge in [0.1, 0.15) is 0 Å². The van der Waals surface area contributed by atoms with E-state index in [-0.39, 0.29) is 5.11 Å². The molecule has 12 heavy (non-hydrogen) atoms. The Morgan fingerprint density at radius 1 is 1.58 bits per heavy atom. The highest BCUT2D eigenvalue weighted by molar-refractivity contribution is 7.80. The molecular formula is C6H11N3O2S. The summed E-state index contributed by atoms with van der Waals surface area (Å²) < 4.78 is 4.38. The van der Waals surface area contributed by atoms with E-state index >= 15 is 0 Å². The minimum Gasteiger partial charge on any atom is -0.466 e. The summed E-state index contributed by atoms with van der Waals surface area (Å²) in [6, 6.07) is 0. The van der Waals surface area contributed by atoms with E-state index in [0.29, 0.717) is 5.70 Å². The molecule has 0 saturated heterocycles. The summed E-state index contributed by atoms with van der Waals surface area (Å²) in [4.78, 5) is 10.6. The van der Waals surface area contributed by atoms with Crippen molar-refractivity contribution in [1.29, 1.82) is 0 Å². The van der Waals surface area contributed by atoms with Crippen molar-refractivity contribution < 1.29 is 9.53 Å². The lowest BCUT2D eigenvalue weighted by molar-refractivity contribution is -0.134. The van der Waals surface area contributed by atoms with Crippen molar-refractivity contribution in [3.63, 3.8) is 0 Å². The number of allylic oxidation sites excluding steroid dienone is 1. The van der Waals surface area contributed by atoms with Gasteiger partial charge in [-0.2, -0.15) is 0 Å². The van der Waals surface area contributed by atoms with Gasteiger partial charge in [0.15, 0.2) is 5.11 Å². The summed E-state index contributed by atoms with van der Waals surface area (Å²) >= 11 is 4.52. The molecule has 0 fully saturated rings. The zero-order chi connectivity index (χ0) is 9.56. The summed E-state index contributed by atoms with van der Waals surface area (Å²) in [6.45, 7) is 1.67. The Hall–Kier alpha value is -1.30. The Labute approximate surface area is 75.9 Å². The highest BCUT2D eigenvalue weighted by Gasteiger charge is 1.94. The highest BCUT2D eigenvalue weighted by atomic mass is 32.1. The molecule has 0 radical (unpaired) electrons. The molecule has 0 atom stereocenters. The molecule has 0 aliphatic carbocycles. The molecule has 0 aliphatic rings. The smallest absolute Gasteiger partial charge is 0.332 e. The zero-order valence-electron chi connectivity index (χ0n) is 6.88. The Kier molecular flexibility index (Phi) is 4.78. The lowest BCUT2D eigenvalue weighted by atomic mass is 10.4. The molecule has 0 unspecified atom stereocenters. The van der Waals surface area contributed by atoms with Crippen molar-refractivity contribution in [2.45, 2.75) is 6.92 Å². The van der Waals surface area contributed by atoms with Crippen molar-refractivity contribution in [3.05, 3.63) is 11.8 Å². The van der Waals surface area contributed by atoms with Crippen LogP contribution in [0, 0.1) is 0 Å². The second-order valence-electron chi connectivity index (χ2n) is 1.96. The molecule has 0 aromatic heterocycles. The quantitative estimate of drug-likeness (QED) is 0.238. The van der Waals surface area contributed by atoms with Gasteiger partial charge < -0.3 is 15.9 Å².